The molecular weight excluding hydrogens is 292 g/mol. The fourth-order valence-electron chi connectivity index (χ4n) is 1.71. The SMILES string of the molecule is C=CCOC(=O)Oc1ccccc1C(=O)C#Cc1ccccc1. The van der Waals surface area contributed by atoms with Gasteiger partial charge in [0, 0.05) is 5.56 Å². The molecule has 0 bridgehead atoms. The molecule has 0 unspecified atom stereocenters. The van der Waals surface area contributed by atoms with Crippen molar-refractivity contribution in [1.29, 1.82) is 0 Å². The predicted molar refractivity (Wildman–Crippen MR) is 86.3 cm³/mol. The Bertz CT molecular complexity index is 767. The Hall–Kier alpha value is -3.32. The summed E-state index contributed by atoms with van der Waals surface area (Å²) >= 11 is 0. The second-order valence-electron chi connectivity index (χ2n) is 4.39. The molecule has 2 aromatic rings. The standard InChI is InChI=1S/C19H14O4/c1-2-14-22-19(21)23-18-11-7-6-10-16(18)17(20)13-12-15-8-4-3-5-9-15/h2-11H,1,14H2. The molecule has 0 atom stereocenters. The molecule has 0 saturated heterocycles. The minimum atomic E-state index is -0.902. The second-order valence-corrected chi connectivity index (χ2v) is 4.39. The van der Waals surface area contributed by atoms with Gasteiger partial charge < -0.3 is 9.47 Å². The molecule has 0 aliphatic heterocycles. The molecule has 0 aromatic heterocycles. The summed E-state index contributed by atoms with van der Waals surface area (Å²) in [7, 11) is 0. The first-order valence-electron chi connectivity index (χ1n) is 6.86. The van der Waals surface area contributed by atoms with Gasteiger partial charge in [0.05, 0.1) is 5.56 Å². The summed E-state index contributed by atoms with van der Waals surface area (Å²) in [6.07, 6.45) is 0.519. The van der Waals surface area contributed by atoms with Crippen LogP contribution in [0.5, 0.6) is 5.75 Å². The van der Waals surface area contributed by atoms with E-state index in [1.165, 1.54) is 18.2 Å². The minimum Gasteiger partial charge on any atom is -0.430 e. The number of carbonyl (C=O) groups is 2. The summed E-state index contributed by atoms with van der Waals surface area (Å²) in [5.74, 6) is 4.97. The van der Waals surface area contributed by atoms with Crippen LogP contribution in [0, 0.1) is 11.8 Å². The van der Waals surface area contributed by atoms with Crippen LogP contribution in [0.15, 0.2) is 67.3 Å². The van der Waals surface area contributed by atoms with Crippen LogP contribution in [0.3, 0.4) is 0 Å². The van der Waals surface area contributed by atoms with Gasteiger partial charge in [-0.2, -0.15) is 0 Å². The summed E-state index contributed by atoms with van der Waals surface area (Å²) in [6, 6.07) is 15.5. The molecule has 0 radical (unpaired) electrons. The molecule has 114 valence electrons. The van der Waals surface area contributed by atoms with E-state index in [0.29, 0.717) is 0 Å². The number of rotatable bonds is 4. The number of para-hydroxylation sites is 1. The molecule has 4 heteroatoms. The lowest BCUT2D eigenvalue weighted by Crippen LogP contribution is -2.12. The van der Waals surface area contributed by atoms with E-state index in [0.717, 1.165) is 5.56 Å². The van der Waals surface area contributed by atoms with Crippen molar-refractivity contribution in [2.45, 2.75) is 0 Å². The molecule has 0 saturated carbocycles. The van der Waals surface area contributed by atoms with Crippen molar-refractivity contribution in [3.8, 4) is 17.6 Å². The molecule has 2 aromatic carbocycles. The second kappa shape index (κ2) is 8.20. The summed E-state index contributed by atoms with van der Waals surface area (Å²) in [4.78, 5) is 23.7. The van der Waals surface area contributed by atoms with E-state index in [-0.39, 0.29) is 17.9 Å². The first-order chi connectivity index (χ1) is 11.2. The Morgan fingerprint density at radius 3 is 2.48 bits per heavy atom. The summed E-state index contributed by atoms with van der Waals surface area (Å²) < 4.78 is 9.76. The average Bonchev–Trinajstić information content (AvgIpc) is 2.59. The van der Waals surface area contributed by atoms with E-state index in [1.807, 2.05) is 18.2 Å². The molecular formula is C19H14O4. The summed E-state index contributed by atoms with van der Waals surface area (Å²) in [5, 5.41) is 0. The summed E-state index contributed by atoms with van der Waals surface area (Å²) in [5.41, 5.74) is 0.927. The van der Waals surface area contributed by atoms with Gasteiger partial charge in [-0.15, -0.1) is 0 Å². The Morgan fingerprint density at radius 1 is 1.04 bits per heavy atom. The van der Waals surface area contributed by atoms with Crippen molar-refractivity contribution < 1.29 is 19.1 Å². The van der Waals surface area contributed by atoms with Crippen LogP contribution in [0.1, 0.15) is 15.9 Å². The van der Waals surface area contributed by atoms with Gasteiger partial charge >= 0.3 is 6.16 Å². The van der Waals surface area contributed by atoms with E-state index in [9.17, 15) is 9.59 Å². The van der Waals surface area contributed by atoms with E-state index < -0.39 is 11.9 Å². The molecule has 0 spiro atoms. The minimum absolute atomic E-state index is 0.0305. The number of Topliss-reactive ketones (excluding diaryl/α,β-unsaturated/α-hetero) is 1. The number of carbonyl (C=O) groups excluding carboxylic acids is 2. The van der Waals surface area contributed by atoms with Crippen molar-refractivity contribution in [2.75, 3.05) is 6.61 Å². The van der Waals surface area contributed by atoms with Crippen LogP contribution >= 0.6 is 0 Å². The van der Waals surface area contributed by atoms with Crippen LogP contribution in [0.2, 0.25) is 0 Å². The average molecular weight is 306 g/mol. The fraction of sp³-hybridized carbons (Fsp3) is 0.0526. The fourth-order valence-corrected chi connectivity index (χ4v) is 1.71. The van der Waals surface area contributed by atoms with Crippen LogP contribution in [-0.2, 0) is 4.74 Å². The molecule has 4 nitrogen and oxygen atoms in total. The third kappa shape index (κ3) is 4.87. The van der Waals surface area contributed by atoms with Gasteiger partial charge in [0.2, 0.25) is 5.78 Å². The molecule has 0 fully saturated rings. The van der Waals surface area contributed by atoms with Crippen LogP contribution in [-0.4, -0.2) is 18.5 Å². The van der Waals surface area contributed by atoms with Gasteiger partial charge in [0.1, 0.15) is 12.4 Å². The van der Waals surface area contributed by atoms with E-state index >= 15 is 0 Å². The van der Waals surface area contributed by atoms with Gasteiger partial charge in [0.15, 0.2) is 0 Å². The lowest BCUT2D eigenvalue weighted by Gasteiger charge is -2.06. The largest absolute Gasteiger partial charge is 0.514 e. The highest BCUT2D eigenvalue weighted by molar-refractivity contribution is 6.11. The highest BCUT2D eigenvalue weighted by atomic mass is 16.7. The maximum atomic E-state index is 12.2. The highest BCUT2D eigenvalue weighted by Crippen LogP contribution is 2.19. The van der Waals surface area contributed by atoms with Gasteiger partial charge in [-0.1, -0.05) is 48.9 Å². The van der Waals surface area contributed by atoms with Crippen molar-refractivity contribution >= 4 is 11.9 Å². The molecule has 23 heavy (non-hydrogen) atoms. The monoisotopic (exact) mass is 306 g/mol. The lowest BCUT2D eigenvalue weighted by atomic mass is 10.1. The van der Waals surface area contributed by atoms with Crippen LogP contribution in [0.25, 0.3) is 0 Å². The van der Waals surface area contributed by atoms with Crippen molar-refractivity contribution in [1.82, 2.24) is 0 Å². The van der Waals surface area contributed by atoms with Gasteiger partial charge in [0.25, 0.3) is 0 Å². The number of ether oxygens (including phenoxy) is 2. The quantitative estimate of drug-likeness (QED) is 0.285. The molecule has 0 aliphatic rings. The number of ketones is 1. The van der Waals surface area contributed by atoms with E-state index in [1.54, 1.807) is 24.3 Å². The predicted octanol–water partition coefficient (Wildman–Crippen LogP) is 3.62. The van der Waals surface area contributed by atoms with E-state index in [4.69, 9.17) is 9.47 Å². The zero-order valence-electron chi connectivity index (χ0n) is 12.3. The maximum absolute atomic E-state index is 12.2. The molecule has 2 rings (SSSR count). The number of hydrogen-bond donors (Lipinski definition) is 0. The van der Waals surface area contributed by atoms with Crippen molar-refractivity contribution in [2.24, 2.45) is 0 Å². The Kier molecular flexibility index (Phi) is 5.73. The van der Waals surface area contributed by atoms with Gasteiger partial charge in [-0.3, -0.25) is 4.79 Å². The smallest absolute Gasteiger partial charge is 0.430 e. The zero-order chi connectivity index (χ0) is 16.5. The zero-order valence-corrected chi connectivity index (χ0v) is 12.3. The third-order valence-corrected chi connectivity index (χ3v) is 2.74. The molecule has 0 heterocycles. The van der Waals surface area contributed by atoms with Gasteiger partial charge in [-0.25, -0.2) is 4.79 Å². The van der Waals surface area contributed by atoms with Crippen molar-refractivity contribution in [3.05, 3.63) is 78.4 Å². The molecule has 0 N–H and O–H groups in total. The maximum Gasteiger partial charge on any atom is 0.514 e. The van der Waals surface area contributed by atoms with E-state index in [2.05, 4.69) is 18.4 Å². The first-order valence-corrected chi connectivity index (χ1v) is 6.86. The van der Waals surface area contributed by atoms with Gasteiger partial charge in [-0.05, 0) is 30.2 Å². The highest BCUT2D eigenvalue weighted by Gasteiger charge is 2.14. The normalized spacial score (nSPS) is 9.22. The van der Waals surface area contributed by atoms with Crippen LogP contribution < -0.4 is 4.74 Å². The third-order valence-electron chi connectivity index (χ3n) is 2.74. The lowest BCUT2D eigenvalue weighted by molar-refractivity contribution is 0.103. The number of benzene rings is 2. The Morgan fingerprint density at radius 2 is 1.74 bits per heavy atom. The topological polar surface area (TPSA) is 52.6 Å². The summed E-state index contributed by atoms with van der Waals surface area (Å²) in [6.45, 7) is 3.46. The van der Waals surface area contributed by atoms with Crippen molar-refractivity contribution in [3.63, 3.8) is 0 Å². The Labute approximate surface area is 134 Å². The Balaban J connectivity index is 2.16. The number of hydrogen-bond acceptors (Lipinski definition) is 4. The molecule has 0 amide bonds. The molecule has 0 aliphatic carbocycles. The first kappa shape index (κ1) is 16.1. The van der Waals surface area contributed by atoms with Crippen LogP contribution in [0.4, 0.5) is 4.79 Å².